The summed E-state index contributed by atoms with van der Waals surface area (Å²) in [4.78, 5) is 13.9. The summed E-state index contributed by atoms with van der Waals surface area (Å²) in [6, 6.07) is 21.8. The lowest BCUT2D eigenvalue weighted by Crippen LogP contribution is -2.29. The molecule has 3 aromatic carbocycles. The van der Waals surface area contributed by atoms with Crippen LogP contribution in [-0.2, 0) is 28.8 Å². The Hall–Kier alpha value is -3.49. The zero-order chi connectivity index (χ0) is 29.4. The van der Waals surface area contributed by atoms with Crippen molar-refractivity contribution in [1.29, 1.82) is 0 Å². The van der Waals surface area contributed by atoms with Gasteiger partial charge in [-0.1, -0.05) is 67.1 Å². The first-order valence-electron chi connectivity index (χ1n) is 13.6. The highest BCUT2D eigenvalue weighted by Crippen LogP contribution is 2.36. The van der Waals surface area contributed by atoms with Gasteiger partial charge in [-0.2, -0.15) is 13.2 Å². The van der Waals surface area contributed by atoms with Gasteiger partial charge >= 0.3 is 12.1 Å². The number of aromatic nitrogens is 1. The Morgan fingerprint density at radius 3 is 2.49 bits per heavy atom. The monoisotopic (exact) mass is 586 g/mol. The molecule has 0 aliphatic carbocycles. The molecule has 0 amide bonds. The molecule has 41 heavy (non-hydrogen) atoms. The topological polar surface area (TPSA) is 43.7 Å². The molecule has 0 radical (unpaired) electrons. The molecule has 9 heteroatoms. The predicted octanol–water partition coefficient (Wildman–Crippen LogP) is 7.95. The van der Waals surface area contributed by atoms with Crippen molar-refractivity contribution in [2.75, 3.05) is 26.8 Å². The molecular weight excluding hydrogens is 553 g/mol. The summed E-state index contributed by atoms with van der Waals surface area (Å²) in [5.41, 5.74) is 1.70. The van der Waals surface area contributed by atoms with Crippen LogP contribution in [0.2, 0.25) is 5.02 Å². The minimum atomic E-state index is -4.50. The number of fused-ring (bicyclic) bond motifs is 1. The van der Waals surface area contributed by atoms with Crippen LogP contribution in [0.3, 0.4) is 0 Å². The molecule has 0 N–H and O–H groups in total. The number of unbranched alkanes of at least 4 members (excludes halogenated alkanes) is 1. The van der Waals surface area contributed by atoms with Crippen LogP contribution in [-0.4, -0.2) is 42.2 Å². The maximum Gasteiger partial charge on any atom is 0.417 e. The van der Waals surface area contributed by atoms with E-state index in [1.54, 1.807) is 6.07 Å². The van der Waals surface area contributed by atoms with Gasteiger partial charge in [0.15, 0.2) is 0 Å². The van der Waals surface area contributed by atoms with Gasteiger partial charge in [-0.3, -0.25) is 9.69 Å². The van der Waals surface area contributed by atoms with Crippen molar-refractivity contribution in [3.8, 4) is 5.75 Å². The zero-order valence-electron chi connectivity index (χ0n) is 23.2. The predicted molar refractivity (Wildman–Crippen MR) is 155 cm³/mol. The largest absolute Gasteiger partial charge is 0.493 e. The fourth-order valence-corrected chi connectivity index (χ4v) is 5.25. The van der Waals surface area contributed by atoms with Crippen LogP contribution in [0.5, 0.6) is 5.75 Å². The molecule has 1 atom stereocenters. The first kappa shape index (κ1) is 30.5. The Morgan fingerprint density at radius 2 is 1.76 bits per heavy atom. The Morgan fingerprint density at radius 1 is 1.00 bits per heavy atom. The van der Waals surface area contributed by atoms with E-state index < -0.39 is 11.7 Å². The molecular formula is C32H34ClF3N2O3. The number of carbonyl (C=O) groups is 1. The Labute approximate surface area is 243 Å². The lowest BCUT2D eigenvalue weighted by Gasteiger charge is -2.27. The lowest BCUT2D eigenvalue weighted by atomic mass is 10.00. The van der Waals surface area contributed by atoms with Crippen molar-refractivity contribution in [2.24, 2.45) is 0 Å². The molecule has 1 aromatic heterocycles. The van der Waals surface area contributed by atoms with E-state index in [0.29, 0.717) is 31.8 Å². The molecule has 4 rings (SSSR count). The molecule has 5 nitrogen and oxygen atoms in total. The number of methoxy groups -OCH3 is 1. The Bertz CT molecular complexity index is 1440. The molecule has 1 heterocycles. The first-order valence-corrected chi connectivity index (χ1v) is 13.9. The summed E-state index contributed by atoms with van der Waals surface area (Å²) in [7, 11) is 1.36. The molecule has 0 fully saturated rings. The normalized spacial score (nSPS) is 12.6. The minimum absolute atomic E-state index is 0.122. The third-order valence-electron chi connectivity index (χ3n) is 7.11. The van der Waals surface area contributed by atoms with E-state index in [2.05, 4.69) is 24.0 Å². The number of halogens is 4. The molecule has 0 bridgehead atoms. The van der Waals surface area contributed by atoms with Crippen molar-refractivity contribution < 1.29 is 27.4 Å². The molecule has 4 aromatic rings. The van der Waals surface area contributed by atoms with E-state index in [1.807, 2.05) is 53.2 Å². The number of esters is 1. The molecule has 218 valence electrons. The number of rotatable bonds is 13. The van der Waals surface area contributed by atoms with Gasteiger partial charge in [0.1, 0.15) is 12.3 Å². The lowest BCUT2D eigenvalue weighted by molar-refractivity contribution is -0.141. The van der Waals surface area contributed by atoms with Gasteiger partial charge in [-0.15, -0.1) is 0 Å². The summed E-state index contributed by atoms with van der Waals surface area (Å²) in [5.74, 6) is 0.589. The van der Waals surface area contributed by atoms with Gasteiger partial charge in [0, 0.05) is 24.7 Å². The second-order valence-electron chi connectivity index (χ2n) is 10.1. The van der Waals surface area contributed by atoms with Crippen LogP contribution in [0.25, 0.3) is 10.9 Å². The highest BCUT2D eigenvalue weighted by Gasteiger charge is 2.34. The summed E-state index contributed by atoms with van der Waals surface area (Å²) in [5, 5.41) is 0.668. The number of ether oxygens (including phenoxy) is 2. The zero-order valence-corrected chi connectivity index (χ0v) is 23.9. The van der Waals surface area contributed by atoms with E-state index in [0.717, 1.165) is 35.6 Å². The second kappa shape index (κ2) is 13.9. The summed E-state index contributed by atoms with van der Waals surface area (Å²) in [6.07, 6.45) is -1.13. The van der Waals surface area contributed by atoms with E-state index in [1.165, 1.54) is 18.7 Å². The molecule has 0 aliphatic heterocycles. The molecule has 0 saturated heterocycles. The molecule has 0 saturated carbocycles. The molecule has 0 spiro atoms. The molecule has 0 aliphatic rings. The van der Waals surface area contributed by atoms with E-state index in [-0.39, 0.29) is 23.5 Å². The average Bonchev–Trinajstić information content (AvgIpc) is 3.36. The number of nitrogens with zero attached hydrogens (tertiary/aromatic N) is 2. The smallest absolute Gasteiger partial charge is 0.417 e. The maximum absolute atomic E-state index is 13.5. The van der Waals surface area contributed by atoms with Gasteiger partial charge in [0.05, 0.1) is 29.8 Å². The standard InChI is InChI=1S/C32H34ClF3N2O3/c1-23(24-10-4-3-5-11-24)20-37(21-25-12-8-13-27(31(25)33)32(34,35)36)17-6-7-19-41-29-15-9-14-28-26(29)16-18-38(28)22-30(39)40-2/h3-5,8-16,18,23H,6-7,17,19-22H2,1-2H3/t23-/m0/s1. The van der Waals surface area contributed by atoms with Gasteiger partial charge < -0.3 is 14.0 Å². The van der Waals surface area contributed by atoms with E-state index in [4.69, 9.17) is 21.1 Å². The number of alkyl halides is 3. The second-order valence-corrected chi connectivity index (χ2v) is 10.5. The number of carbonyl (C=O) groups excluding carboxylic acids is 1. The van der Waals surface area contributed by atoms with Gasteiger partial charge in [-0.05, 0) is 60.7 Å². The summed E-state index contributed by atoms with van der Waals surface area (Å²) >= 11 is 6.23. The fraction of sp³-hybridized carbons (Fsp3) is 0.344. The third kappa shape index (κ3) is 8.05. The van der Waals surface area contributed by atoms with Gasteiger partial charge in [0.25, 0.3) is 0 Å². The van der Waals surface area contributed by atoms with Crippen molar-refractivity contribution in [2.45, 2.75) is 44.9 Å². The van der Waals surface area contributed by atoms with Crippen molar-refractivity contribution >= 4 is 28.5 Å². The molecule has 0 unspecified atom stereocenters. The van der Waals surface area contributed by atoms with Crippen molar-refractivity contribution in [3.63, 3.8) is 0 Å². The number of hydrogen-bond donors (Lipinski definition) is 0. The Kier molecular flexibility index (Phi) is 10.3. The number of benzene rings is 3. The quantitative estimate of drug-likeness (QED) is 0.118. The van der Waals surface area contributed by atoms with Gasteiger partial charge in [0.2, 0.25) is 0 Å². The SMILES string of the molecule is COC(=O)Cn1ccc2c(OCCCCN(Cc3cccc(C(F)(F)F)c3Cl)C[C@H](C)c3ccccc3)cccc21. The van der Waals surface area contributed by atoms with Crippen LogP contribution >= 0.6 is 11.6 Å². The summed E-state index contributed by atoms with van der Waals surface area (Å²) in [6.45, 7) is 4.38. The van der Waals surface area contributed by atoms with Crippen LogP contribution in [0.1, 0.15) is 42.4 Å². The summed E-state index contributed by atoms with van der Waals surface area (Å²) < 4.78 is 53.1. The van der Waals surface area contributed by atoms with Crippen LogP contribution < -0.4 is 4.74 Å². The first-order chi connectivity index (χ1) is 19.7. The van der Waals surface area contributed by atoms with E-state index >= 15 is 0 Å². The van der Waals surface area contributed by atoms with E-state index in [9.17, 15) is 18.0 Å². The van der Waals surface area contributed by atoms with Crippen LogP contribution in [0.4, 0.5) is 13.2 Å². The Balaban J connectivity index is 1.39. The highest BCUT2D eigenvalue weighted by atomic mass is 35.5. The van der Waals surface area contributed by atoms with Crippen LogP contribution in [0.15, 0.2) is 79.0 Å². The highest BCUT2D eigenvalue weighted by molar-refractivity contribution is 6.32. The van der Waals surface area contributed by atoms with Crippen molar-refractivity contribution in [1.82, 2.24) is 9.47 Å². The van der Waals surface area contributed by atoms with Gasteiger partial charge in [-0.25, -0.2) is 0 Å². The van der Waals surface area contributed by atoms with Crippen LogP contribution in [0, 0.1) is 0 Å². The number of hydrogen-bond acceptors (Lipinski definition) is 4. The maximum atomic E-state index is 13.5. The third-order valence-corrected chi connectivity index (χ3v) is 7.55. The van der Waals surface area contributed by atoms with Crippen molar-refractivity contribution in [3.05, 3.63) is 101 Å². The fourth-order valence-electron chi connectivity index (χ4n) is 4.95. The minimum Gasteiger partial charge on any atom is -0.493 e. The average molecular weight is 587 g/mol.